The van der Waals surface area contributed by atoms with Gasteiger partial charge in [-0.05, 0) is 30.2 Å². The number of aromatic nitrogens is 1. The Morgan fingerprint density at radius 3 is 2.61 bits per heavy atom. The predicted molar refractivity (Wildman–Crippen MR) is 120 cm³/mol. The maximum absolute atomic E-state index is 13.2. The van der Waals surface area contributed by atoms with Crippen LogP contribution in [-0.2, 0) is 25.4 Å². The van der Waals surface area contributed by atoms with Gasteiger partial charge in [0.1, 0.15) is 19.3 Å². The van der Waals surface area contributed by atoms with E-state index in [1.165, 1.54) is 0 Å². The van der Waals surface area contributed by atoms with Gasteiger partial charge >= 0.3 is 0 Å². The van der Waals surface area contributed by atoms with Crippen molar-refractivity contribution in [2.45, 2.75) is 71.9 Å². The van der Waals surface area contributed by atoms with E-state index in [9.17, 15) is 4.79 Å². The summed E-state index contributed by atoms with van der Waals surface area (Å²) in [5.41, 5.74) is 0.0120. The molecule has 1 aliphatic heterocycles. The summed E-state index contributed by atoms with van der Waals surface area (Å²) in [6.07, 6.45) is 4.98. The van der Waals surface area contributed by atoms with Gasteiger partial charge in [0, 0.05) is 38.6 Å². The van der Waals surface area contributed by atoms with Gasteiger partial charge in [-0.3, -0.25) is 9.78 Å². The minimum atomic E-state index is -1.01. The fraction of sp³-hybridized carbons (Fsp3) is 0.750. The van der Waals surface area contributed by atoms with Crippen molar-refractivity contribution in [1.82, 2.24) is 9.88 Å². The van der Waals surface area contributed by atoms with Gasteiger partial charge in [0.25, 0.3) is 5.91 Å². The van der Waals surface area contributed by atoms with Gasteiger partial charge in [-0.15, -0.1) is 0 Å². The number of ether oxygens (including phenoxy) is 4. The molecule has 2 atom stereocenters. The first-order chi connectivity index (χ1) is 14.7. The number of methoxy groups -OCH3 is 2. The lowest BCUT2D eigenvalue weighted by atomic mass is 9.75. The molecule has 1 saturated heterocycles. The summed E-state index contributed by atoms with van der Waals surface area (Å²) in [6.45, 7) is 11.9. The van der Waals surface area contributed by atoms with Gasteiger partial charge in [0.15, 0.2) is 5.60 Å². The summed E-state index contributed by atoms with van der Waals surface area (Å²) in [7, 11) is 3.16. The Bertz CT molecular complexity index is 709. The average molecular weight is 437 g/mol. The summed E-state index contributed by atoms with van der Waals surface area (Å²) in [5.74, 6) is 1.07. The normalized spacial score (nSPS) is 21.5. The standard InChI is InChI=1S/C24H40N2O5/c1-8-23(4,5)10-12-30-20-9-11-25-19(14-20)15-24(31-17-29-7)21(13-18(2)3)26(16-28-6)22(24)27/h9,11,14,18,21H,8,10,12-13,15-17H2,1-7H3/t21?,24-/m1/s1. The van der Waals surface area contributed by atoms with E-state index in [1.807, 2.05) is 12.1 Å². The number of rotatable bonds is 14. The lowest BCUT2D eigenvalue weighted by molar-refractivity contribution is -0.235. The molecule has 31 heavy (non-hydrogen) atoms. The van der Waals surface area contributed by atoms with Crippen molar-refractivity contribution in [2.75, 3.05) is 34.4 Å². The molecular formula is C24H40N2O5. The zero-order chi connectivity index (χ0) is 23.1. The average Bonchev–Trinajstić information content (AvgIpc) is 2.73. The smallest absolute Gasteiger partial charge is 0.259 e. The minimum Gasteiger partial charge on any atom is -0.493 e. The lowest BCUT2D eigenvalue weighted by Gasteiger charge is -2.55. The highest BCUT2D eigenvalue weighted by atomic mass is 16.7. The molecule has 0 bridgehead atoms. The molecule has 1 aromatic heterocycles. The van der Waals surface area contributed by atoms with Crippen LogP contribution in [0, 0.1) is 11.3 Å². The zero-order valence-electron chi connectivity index (χ0n) is 20.3. The minimum absolute atomic E-state index is 0.0451. The molecule has 0 spiro atoms. The van der Waals surface area contributed by atoms with E-state index in [0.717, 1.165) is 30.7 Å². The number of likely N-dealkylation sites (tertiary alicyclic amines) is 1. The zero-order valence-corrected chi connectivity index (χ0v) is 20.3. The van der Waals surface area contributed by atoms with Crippen molar-refractivity contribution >= 4 is 5.91 Å². The lowest BCUT2D eigenvalue weighted by Crippen LogP contribution is -2.76. The van der Waals surface area contributed by atoms with Gasteiger partial charge in [-0.1, -0.05) is 41.0 Å². The molecule has 2 heterocycles. The first-order valence-corrected chi connectivity index (χ1v) is 11.2. The number of hydrogen-bond donors (Lipinski definition) is 0. The van der Waals surface area contributed by atoms with Crippen LogP contribution in [0.1, 0.15) is 59.6 Å². The fourth-order valence-corrected chi connectivity index (χ4v) is 3.86. The highest BCUT2D eigenvalue weighted by molar-refractivity contribution is 5.93. The molecule has 1 aromatic rings. The quantitative estimate of drug-likeness (QED) is 0.324. The van der Waals surface area contributed by atoms with Crippen LogP contribution in [-0.4, -0.2) is 61.8 Å². The molecular weight excluding hydrogens is 396 g/mol. The number of β-lactam (4-membered cyclic amide) rings is 1. The van der Waals surface area contributed by atoms with Crippen LogP contribution >= 0.6 is 0 Å². The van der Waals surface area contributed by atoms with Crippen LogP contribution in [0.5, 0.6) is 5.75 Å². The van der Waals surface area contributed by atoms with E-state index in [1.54, 1.807) is 25.3 Å². The summed E-state index contributed by atoms with van der Waals surface area (Å²) in [5, 5.41) is 0. The van der Waals surface area contributed by atoms with Crippen molar-refractivity contribution in [2.24, 2.45) is 11.3 Å². The first kappa shape index (κ1) is 25.6. The Labute approximate surface area is 187 Å². The number of carbonyl (C=O) groups is 1. The third-order valence-electron chi connectivity index (χ3n) is 6.17. The number of amides is 1. The number of carbonyl (C=O) groups excluding carboxylic acids is 1. The molecule has 0 N–H and O–H groups in total. The third kappa shape index (κ3) is 6.40. The van der Waals surface area contributed by atoms with Crippen LogP contribution in [0.2, 0.25) is 0 Å². The third-order valence-corrected chi connectivity index (χ3v) is 6.17. The van der Waals surface area contributed by atoms with Crippen LogP contribution in [0.25, 0.3) is 0 Å². The van der Waals surface area contributed by atoms with E-state index in [4.69, 9.17) is 18.9 Å². The highest BCUT2D eigenvalue weighted by Crippen LogP contribution is 2.41. The maximum atomic E-state index is 13.2. The van der Waals surface area contributed by atoms with Crippen molar-refractivity contribution in [3.63, 3.8) is 0 Å². The monoisotopic (exact) mass is 436 g/mol. The summed E-state index contributed by atoms with van der Waals surface area (Å²) < 4.78 is 22.5. The van der Waals surface area contributed by atoms with Gasteiger partial charge in [-0.2, -0.15) is 0 Å². The molecule has 7 nitrogen and oxygen atoms in total. The van der Waals surface area contributed by atoms with E-state index in [0.29, 0.717) is 18.9 Å². The molecule has 0 radical (unpaired) electrons. The molecule has 1 fully saturated rings. The highest BCUT2D eigenvalue weighted by Gasteiger charge is 2.62. The molecule has 2 rings (SSSR count). The van der Waals surface area contributed by atoms with Gasteiger partial charge < -0.3 is 23.8 Å². The Balaban J connectivity index is 2.19. The molecule has 0 aromatic carbocycles. The van der Waals surface area contributed by atoms with E-state index in [-0.39, 0.29) is 30.9 Å². The van der Waals surface area contributed by atoms with Gasteiger partial charge in [0.2, 0.25) is 0 Å². The van der Waals surface area contributed by atoms with Crippen LogP contribution in [0.15, 0.2) is 18.3 Å². The van der Waals surface area contributed by atoms with Crippen molar-refractivity contribution < 1.29 is 23.7 Å². The van der Waals surface area contributed by atoms with Gasteiger partial charge in [-0.25, -0.2) is 0 Å². The Kier molecular flexibility index (Phi) is 9.28. The molecule has 0 saturated carbocycles. The number of pyridine rings is 1. The molecule has 176 valence electrons. The topological polar surface area (TPSA) is 70.1 Å². The Morgan fingerprint density at radius 1 is 1.26 bits per heavy atom. The SMILES string of the molecule is CCC(C)(C)CCOc1ccnc(C[C@]2(OCOC)C(=O)N(COC)C2CC(C)C)c1. The van der Waals surface area contributed by atoms with Crippen LogP contribution in [0.4, 0.5) is 0 Å². The molecule has 1 amide bonds. The summed E-state index contributed by atoms with van der Waals surface area (Å²) in [4.78, 5) is 19.4. The number of hydrogen-bond acceptors (Lipinski definition) is 6. The van der Waals surface area contributed by atoms with Crippen molar-refractivity contribution in [3.8, 4) is 5.75 Å². The van der Waals surface area contributed by atoms with Crippen molar-refractivity contribution in [3.05, 3.63) is 24.0 Å². The van der Waals surface area contributed by atoms with Crippen LogP contribution < -0.4 is 4.74 Å². The fourth-order valence-electron chi connectivity index (χ4n) is 3.86. The molecule has 1 aliphatic rings. The van der Waals surface area contributed by atoms with E-state index >= 15 is 0 Å². The Hall–Kier alpha value is -1.70. The van der Waals surface area contributed by atoms with Crippen molar-refractivity contribution in [1.29, 1.82) is 0 Å². The molecule has 0 aliphatic carbocycles. The van der Waals surface area contributed by atoms with Gasteiger partial charge in [0.05, 0.1) is 12.6 Å². The van der Waals surface area contributed by atoms with E-state index < -0.39 is 5.60 Å². The molecule has 7 heteroatoms. The maximum Gasteiger partial charge on any atom is 0.259 e. The number of nitrogens with zero attached hydrogens (tertiary/aromatic N) is 2. The van der Waals surface area contributed by atoms with Crippen LogP contribution in [0.3, 0.4) is 0 Å². The summed E-state index contributed by atoms with van der Waals surface area (Å²) in [6, 6.07) is 3.67. The Morgan fingerprint density at radius 2 is 2.00 bits per heavy atom. The predicted octanol–water partition coefficient (Wildman–Crippen LogP) is 4.05. The van der Waals surface area contributed by atoms with E-state index in [2.05, 4.69) is 39.6 Å². The second-order valence-electron chi connectivity index (χ2n) is 9.55. The first-order valence-electron chi connectivity index (χ1n) is 11.2. The summed E-state index contributed by atoms with van der Waals surface area (Å²) >= 11 is 0. The molecule has 1 unspecified atom stereocenters. The second kappa shape index (κ2) is 11.2. The second-order valence-corrected chi connectivity index (χ2v) is 9.55. The largest absolute Gasteiger partial charge is 0.493 e.